The number of ether oxygens (including phenoxy) is 1. The van der Waals surface area contributed by atoms with E-state index in [2.05, 4.69) is 5.32 Å². The van der Waals surface area contributed by atoms with Gasteiger partial charge in [0.05, 0.1) is 22.1 Å². The number of anilines is 1. The summed E-state index contributed by atoms with van der Waals surface area (Å²) in [6.45, 7) is 0.444. The van der Waals surface area contributed by atoms with Gasteiger partial charge in [-0.2, -0.15) is 5.26 Å². The molecule has 0 aliphatic rings. The smallest absolute Gasteiger partial charge is 0.340 e. The molecule has 7 heteroatoms. The van der Waals surface area contributed by atoms with E-state index in [0.29, 0.717) is 23.4 Å². The van der Waals surface area contributed by atoms with Crippen molar-refractivity contribution in [2.24, 2.45) is 0 Å². The number of hydrogen-bond acceptors (Lipinski definition) is 6. The number of nitrogens with zero attached hydrogens (tertiary/aromatic N) is 2. The molecule has 1 N–H and O–H groups in total. The second-order valence-electron chi connectivity index (χ2n) is 6.21. The minimum absolute atomic E-state index is 0.00857. The van der Waals surface area contributed by atoms with Crippen LogP contribution in [0.2, 0.25) is 0 Å². The molecule has 0 atom stereocenters. The Balaban J connectivity index is 1.76. The van der Waals surface area contributed by atoms with Crippen LogP contribution in [0, 0.1) is 21.4 Å². The Morgan fingerprint density at radius 1 is 1.03 bits per heavy atom. The molecule has 3 aromatic rings. The third-order valence-electron chi connectivity index (χ3n) is 4.21. The first-order valence-corrected chi connectivity index (χ1v) is 8.79. The van der Waals surface area contributed by atoms with Gasteiger partial charge in [-0.3, -0.25) is 10.1 Å². The topological polar surface area (TPSA) is 105 Å². The van der Waals surface area contributed by atoms with E-state index in [1.54, 1.807) is 24.3 Å². The van der Waals surface area contributed by atoms with E-state index in [9.17, 15) is 14.9 Å². The van der Waals surface area contributed by atoms with Crippen molar-refractivity contribution in [1.82, 2.24) is 0 Å². The zero-order chi connectivity index (χ0) is 20.6. The predicted octanol–water partition coefficient (Wildman–Crippen LogP) is 4.44. The molecule has 0 saturated carbocycles. The summed E-state index contributed by atoms with van der Waals surface area (Å²) < 4.78 is 5.33. The molecule has 3 rings (SSSR count). The normalized spacial score (nSPS) is 10.0. The Hall–Kier alpha value is -4.18. The first-order valence-electron chi connectivity index (χ1n) is 8.79. The number of rotatable bonds is 7. The Morgan fingerprint density at radius 3 is 2.41 bits per heavy atom. The van der Waals surface area contributed by atoms with Gasteiger partial charge in [-0.1, -0.05) is 42.5 Å². The van der Waals surface area contributed by atoms with Gasteiger partial charge >= 0.3 is 5.97 Å². The molecule has 3 aromatic carbocycles. The van der Waals surface area contributed by atoms with E-state index < -0.39 is 10.9 Å². The molecule has 0 spiro atoms. The molecule has 0 saturated heterocycles. The number of nitriles is 1. The first-order chi connectivity index (χ1) is 14.1. The fourth-order valence-corrected chi connectivity index (χ4v) is 2.66. The molecule has 0 aromatic heterocycles. The van der Waals surface area contributed by atoms with Gasteiger partial charge in [0.2, 0.25) is 0 Å². The molecule has 29 heavy (non-hydrogen) atoms. The summed E-state index contributed by atoms with van der Waals surface area (Å²) in [5.74, 6) is -0.673. The lowest BCUT2D eigenvalue weighted by Crippen LogP contribution is -2.11. The largest absolute Gasteiger partial charge is 0.457 e. The zero-order valence-electron chi connectivity index (χ0n) is 15.4. The van der Waals surface area contributed by atoms with Gasteiger partial charge in [0.25, 0.3) is 5.69 Å². The van der Waals surface area contributed by atoms with Crippen molar-refractivity contribution in [3.05, 3.63) is 105 Å². The first kappa shape index (κ1) is 19.6. The zero-order valence-corrected chi connectivity index (χ0v) is 15.4. The summed E-state index contributed by atoms with van der Waals surface area (Å²) in [6.07, 6.45) is 0. The molecule has 0 fully saturated rings. The van der Waals surface area contributed by atoms with Crippen molar-refractivity contribution >= 4 is 17.3 Å². The Morgan fingerprint density at radius 2 is 1.76 bits per heavy atom. The fourth-order valence-electron chi connectivity index (χ4n) is 2.66. The van der Waals surface area contributed by atoms with Gasteiger partial charge in [-0.25, -0.2) is 4.79 Å². The summed E-state index contributed by atoms with van der Waals surface area (Å²) >= 11 is 0. The molecule has 0 aliphatic heterocycles. The molecule has 0 heterocycles. The molecule has 0 unspecified atom stereocenters. The number of non-ortho nitro benzene ring substituents is 1. The number of carbonyl (C=O) groups is 1. The van der Waals surface area contributed by atoms with Gasteiger partial charge < -0.3 is 10.1 Å². The highest BCUT2D eigenvalue weighted by Crippen LogP contribution is 2.24. The van der Waals surface area contributed by atoms with Crippen LogP contribution < -0.4 is 5.32 Å². The van der Waals surface area contributed by atoms with Crippen LogP contribution in [0.15, 0.2) is 72.8 Å². The van der Waals surface area contributed by atoms with Crippen LogP contribution in [0.5, 0.6) is 0 Å². The van der Waals surface area contributed by atoms with Crippen LogP contribution >= 0.6 is 0 Å². The SMILES string of the molecule is N#Cc1ccc(COC(=O)c2cc([N+](=O)[O-])ccc2NCc2ccccc2)cc1. The monoisotopic (exact) mass is 387 g/mol. The lowest BCUT2D eigenvalue weighted by atomic mass is 10.1. The number of nitrogens with one attached hydrogen (secondary N) is 1. The number of carbonyl (C=O) groups excluding carboxylic acids is 1. The van der Waals surface area contributed by atoms with Crippen LogP contribution in [-0.4, -0.2) is 10.9 Å². The molecule has 0 radical (unpaired) electrons. The van der Waals surface area contributed by atoms with Gasteiger partial charge in [-0.15, -0.1) is 0 Å². The maximum atomic E-state index is 12.6. The lowest BCUT2D eigenvalue weighted by molar-refractivity contribution is -0.384. The van der Waals surface area contributed by atoms with E-state index in [1.807, 2.05) is 36.4 Å². The number of hydrogen-bond donors (Lipinski definition) is 1. The van der Waals surface area contributed by atoms with Crippen LogP contribution in [0.4, 0.5) is 11.4 Å². The van der Waals surface area contributed by atoms with Crippen molar-refractivity contribution < 1.29 is 14.5 Å². The molecule has 7 nitrogen and oxygen atoms in total. The molecule has 144 valence electrons. The number of esters is 1. The number of benzene rings is 3. The maximum Gasteiger partial charge on any atom is 0.340 e. The highest BCUT2D eigenvalue weighted by atomic mass is 16.6. The quantitative estimate of drug-likeness (QED) is 0.365. The summed E-state index contributed by atoms with van der Waals surface area (Å²) in [7, 11) is 0. The van der Waals surface area contributed by atoms with Gasteiger partial charge in [-0.05, 0) is 29.3 Å². The molecule has 0 aliphatic carbocycles. The number of nitro benzene ring substituents is 1. The second kappa shape index (κ2) is 9.15. The van der Waals surface area contributed by atoms with Crippen LogP contribution in [0.25, 0.3) is 0 Å². The molecular formula is C22H17N3O4. The van der Waals surface area contributed by atoms with Crippen molar-refractivity contribution in [3.8, 4) is 6.07 Å². The highest BCUT2D eigenvalue weighted by Gasteiger charge is 2.18. The molecule has 0 amide bonds. The minimum atomic E-state index is -0.673. The van der Waals surface area contributed by atoms with Crippen molar-refractivity contribution in [2.75, 3.05) is 5.32 Å². The third-order valence-corrected chi connectivity index (χ3v) is 4.21. The van der Waals surface area contributed by atoms with Gasteiger partial charge in [0.1, 0.15) is 6.61 Å². The Labute approximate surface area is 167 Å². The van der Waals surface area contributed by atoms with Crippen molar-refractivity contribution in [2.45, 2.75) is 13.2 Å². The summed E-state index contributed by atoms with van der Waals surface area (Å²) in [5.41, 5.74) is 2.56. The summed E-state index contributed by atoms with van der Waals surface area (Å²) in [4.78, 5) is 23.2. The van der Waals surface area contributed by atoms with E-state index in [0.717, 1.165) is 5.56 Å². The average molecular weight is 387 g/mol. The average Bonchev–Trinajstić information content (AvgIpc) is 2.77. The highest BCUT2D eigenvalue weighted by molar-refractivity contribution is 5.96. The summed E-state index contributed by atoms with van der Waals surface area (Å²) in [6, 6.07) is 22.3. The second-order valence-corrected chi connectivity index (χ2v) is 6.21. The fraction of sp³-hybridized carbons (Fsp3) is 0.0909. The van der Waals surface area contributed by atoms with E-state index in [4.69, 9.17) is 10.00 Å². The maximum absolute atomic E-state index is 12.6. The summed E-state index contributed by atoms with van der Waals surface area (Å²) in [5, 5.41) is 23.1. The Kier molecular flexibility index (Phi) is 6.18. The molecular weight excluding hydrogens is 370 g/mol. The third kappa shape index (κ3) is 5.17. The van der Waals surface area contributed by atoms with Gasteiger partial charge in [0, 0.05) is 24.4 Å². The van der Waals surface area contributed by atoms with Crippen LogP contribution in [0.3, 0.4) is 0 Å². The van der Waals surface area contributed by atoms with Crippen molar-refractivity contribution in [3.63, 3.8) is 0 Å². The van der Waals surface area contributed by atoms with Crippen molar-refractivity contribution in [1.29, 1.82) is 5.26 Å². The van der Waals surface area contributed by atoms with E-state index in [-0.39, 0.29) is 17.9 Å². The van der Waals surface area contributed by atoms with E-state index >= 15 is 0 Å². The number of nitro groups is 1. The molecule has 0 bridgehead atoms. The van der Waals surface area contributed by atoms with Gasteiger partial charge in [0.15, 0.2) is 0 Å². The predicted molar refractivity (Wildman–Crippen MR) is 107 cm³/mol. The lowest BCUT2D eigenvalue weighted by Gasteiger charge is -2.12. The van der Waals surface area contributed by atoms with Crippen LogP contribution in [-0.2, 0) is 17.9 Å². The van der Waals surface area contributed by atoms with E-state index in [1.165, 1.54) is 18.2 Å². The minimum Gasteiger partial charge on any atom is -0.457 e. The standard InChI is InChI=1S/C22H17N3O4/c23-13-16-6-8-18(9-7-16)15-29-22(26)20-12-19(25(27)28)10-11-21(20)24-14-17-4-2-1-3-5-17/h1-12,24H,14-15H2. The van der Waals surface area contributed by atoms with Crippen LogP contribution in [0.1, 0.15) is 27.0 Å². The Bertz CT molecular complexity index is 1060.